The molecule has 7 heteroatoms. The molecular formula is C10H10N4OS2. The number of fused-ring (bicyclic) bond motifs is 1. The molecule has 2 rings (SSSR count). The number of thiocarbonyl (C=S) groups is 1. The molecule has 0 fully saturated rings. The molecule has 2 aromatic rings. The fraction of sp³-hybridized carbons (Fsp3) is 0.100. The molecule has 1 aromatic carbocycles. The van der Waals surface area contributed by atoms with E-state index in [-0.39, 0.29) is 11.0 Å². The van der Waals surface area contributed by atoms with Crippen LogP contribution in [0.4, 0.5) is 10.8 Å². The minimum Gasteiger partial charge on any atom is -0.376 e. The number of anilines is 2. The number of carbonyl (C=O) groups is 1. The number of amides is 1. The Morgan fingerprint density at radius 1 is 1.47 bits per heavy atom. The lowest BCUT2D eigenvalue weighted by Gasteiger charge is -2.01. The third-order valence-corrected chi connectivity index (χ3v) is 2.99. The Balaban J connectivity index is 2.33. The van der Waals surface area contributed by atoms with Crippen LogP contribution >= 0.6 is 23.6 Å². The fourth-order valence-electron chi connectivity index (χ4n) is 1.35. The molecule has 4 N–H and O–H groups in total. The van der Waals surface area contributed by atoms with E-state index >= 15 is 0 Å². The standard InChI is InChI=1S/C10H10N4OS2/c1-5(15)12-10-14-7-4-6(13-9(11)16)2-3-8(7)17-10/h2-4H,1H3,(H3,11,13,16)(H,12,14,15). The number of thiazole rings is 1. The number of nitrogens with zero attached hydrogens (tertiary/aromatic N) is 1. The van der Waals surface area contributed by atoms with E-state index in [9.17, 15) is 4.79 Å². The first-order valence-corrected chi connectivity index (χ1v) is 6.02. The lowest BCUT2D eigenvalue weighted by Crippen LogP contribution is -2.18. The first-order valence-electron chi connectivity index (χ1n) is 4.79. The Morgan fingerprint density at radius 3 is 2.88 bits per heavy atom. The van der Waals surface area contributed by atoms with Gasteiger partial charge in [0.05, 0.1) is 10.2 Å². The zero-order chi connectivity index (χ0) is 12.4. The first kappa shape index (κ1) is 11.7. The van der Waals surface area contributed by atoms with Crippen molar-refractivity contribution in [2.45, 2.75) is 6.92 Å². The van der Waals surface area contributed by atoms with E-state index in [1.807, 2.05) is 18.2 Å². The number of aromatic nitrogens is 1. The second-order valence-corrected chi connectivity index (χ2v) is 4.84. The van der Waals surface area contributed by atoms with Crippen LogP contribution in [-0.4, -0.2) is 16.0 Å². The minimum absolute atomic E-state index is 0.134. The van der Waals surface area contributed by atoms with Gasteiger partial charge in [0.15, 0.2) is 10.2 Å². The summed E-state index contributed by atoms with van der Waals surface area (Å²) >= 11 is 6.17. The SMILES string of the molecule is CC(=O)Nc1nc2cc(NC(N)=S)ccc2s1. The number of hydrogen-bond acceptors (Lipinski definition) is 4. The number of nitrogens with two attached hydrogens (primary N) is 1. The van der Waals surface area contributed by atoms with Crippen LogP contribution in [0.25, 0.3) is 10.2 Å². The zero-order valence-corrected chi connectivity index (χ0v) is 10.6. The third-order valence-electron chi connectivity index (χ3n) is 1.94. The van der Waals surface area contributed by atoms with Gasteiger partial charge in [-0.25, -0.2) is 4.98 Å². The van der Waals surface area contributed by atoms with Crippen molar-refractivity contribution in [3.63, 3.8) is 0 Å². The summed E-state index contributed by atoms with van der Waals surface area (Å²) in [7, 11) is 0. The normalized spacial score (nSPS) is 10.2. The van der Waals surface area contributed by atoms with Crippen molar-refractivity contribution in [3.8, 4) is 0 Å². The molecular weight excluding hydrogens is 256 g/mol. The monoisotopic (exact) mass is 266 g/mol. The van der Waals surface area contributed by atoms with Crippen molar-refractivity contribution in [1.82, 2.24) is 4.98 Å². The molecule has 1 aromatic heterocycles. The van der Waals surface area contributed by atoms with Gasteiger partial charge in [0.1, 0.15) is 0 Å². The molecule has 1 heterocycles. The highest BCUT2D eigenvalue weighted by molar-refractivity contribution is 7.80. The summed E-state index contributed by atoms with van der Waals surface area (Å²) in [6.45, 7) is 1.45. The van der Waals surface area contributed by atoms with Crippen LogP contribution < -0.4 is 16.4 Å². The van der Waals surface area contributed by atoms with E-state index in [0.717, 1.165) is 15.9 Å². The van der Waals surface area contributed by atoms with Crippen LogP contribution in [-0.2, 0) is 4.79 Å². The molecule has 0 aliphatic heterocycles. The molecule has 88 valence electrons. The van der Waals surface area contributed by atoms with Crippen molar-refractivity contribution in [2.24, 2.45) is 5.73 Å². The molecule has 0 aliphatic rings. The van der Waals surface area contributed by atoms with Crippen LogP contribution in [0.2, 0.25) is 0 Å². The highest BCUT2D eigenvalue weighted by Gasteiger charge is 2.05. The molecule has 5 nitrogen and oxygen atoms in total. The molecule has 1 amide bonds. The topological polar surface area (TPSA) is 80.0 Å². The Bertz CT molecular complexity index is 579. The van der Waals surface area contributed by atoms with E-state index in [2.05, 4.69) is 15.6 Å². The third kappa shape index (κ3) is 2.89. The molecule has 17 heavy (non-hydrogen) atoms. The lowest BCUT2D eigenvalue weighted by atomic mass is 10.3. The molecule has 0 bridgehead atoms. The van der Waals surface area contributed by atoms with Crippen molar-refractivity contribution < 1.29 is 4.79 Å². The fourth-order valence-corrected chi connectivity index (χ4v) is 2.36. The van der Waals surface area contributed by atoms with E-state index in [1.165, 1.54) is 18.3 Å². The van der Waals surface area contributed by atoms with Gasteiger partial charge in [-0.15, -0.1) is 0 Å². The summed E-state index contributed by atoms with van der Waals surface area (Å²) in [6, 6.07) is 5.59. The molecule has 0 radical (unpaired) electrons. The van der Waals surface area contributed by atoms with Crippen LogP contribution in [0, 0.1) is 0 Å². The van der Waals surface area contributed by atoms with Crippen molar-refractivity contribution in [3.05, 3.63) is 18.2 Å². The van der Waals surface area contributed by atoms with E-state index < -0.39 is 0 Å². The van der Waals surface area contributed by atoms with Crippen LogP contribution in [0.1, 0.15) is 6.92 Å². The van der Waals surface area contributed by atoms with Crippen LogP contribution in [0.3, 0.4) is 0 Å². The van der Waals surface area contributed by atoms with Gasteiger partial charge in [-0.2, -0.15) is 0 Å². The van der Waals surface area contributed by atoms with Gasteiger partial charge in [0.2, 0.25) is 5.91 Å². The highest BCUT2D eigenvalue weighted by atomic mass is 32.1. The Kier molecular flexibility index (Phi) is 3.21. The average Bonchev–Trinajstić information content (AvgIpc) is 2.56. The smallest absolute Gasteiger partial charge is 0.223 e. The van der Waals surface area contributed by atoms with Gasteiger partial charge >= 0.3 is 0 Å². The molecule has 0 unspecified atom stereocenters. The number of hydrogen-bond donors (Lipinski definition) is 3. The van der Waals surface area contributed by atoms with Crippen molar-refractivity contribution in [1.29, 1.82) is 0 Å². The quantitative estimate of drug-likeness (QED) is 0.724. The van der Waals surface area contributed by atoms with Gasteiger partial charge < -0.3 is 16.4 Å². The van der Waals surface area contributed by atoms with Gasteiger partial charge in [-0.3, -0.25) is 4.79 Å². The maximum absolute atomic E-state index is 10.9. The molecule has 0 saturated heterocycles. The maximum atomic E-state index is 10.9. The molecule has 0 saturated carbocycles. The van der Waals surface area contributed by atoms with E-state index in [4.69, 9.17) is 18.0 Å². The average molecular weight is 266 g/mol. The summed E-state index contributed by atoms with van der Waals surface area (Å²) in [5.41, 5.74) is 6.96. The zero-order valence-electron chi connectivity index (χ0n) is 8.98. The Labute approximate surface area is 107 Å². The Morgan fingerprint density at radius 2 is 2.24 bits per heavy atom. The Hall–Kier alpha value is -1.73. The van der Waals surface area contributed by atoms with E-state index in [1.54, 1.807) is 0 Å². The molecule has 0 aliphatic carbocycles. The van der Waals surface area contributed by atoms with Gasteiger partial charge in [-0.05, 0) is 30.4 Å². The maximum Gasteiger partial charge on any atom is 0.223 e. The summed E-state index contributed by atoms with van der Waals surface area (Å²) in [5.74, 6) is -0.134. The number of carbonyl (C=O) groups excluding carboxylic acids is 1. The lowest BCUT2D eigenvalue weighted by molar-refractivity contribution is -0.114. The van der Waals surface area contributed by atoms with Crippen LogP contribution in [0.15, 0.2) is 18.2 Å². The second kappa shape index (κ2) is 4.64. The van der Waals surface area contributed by atoms with E-state index in [0.29, 0.717) is 5.13 Å². The number of rotatable bonds is 2. The number of benzene rings is 1. The van der Waals surface area contributed by atoms with Crippen molar-refractivity contribution in [2.75, 3.05) is 10.6 Å². The first-order chi connectivity index (χ1) is 8.04. The van der Waals surface area contributed by atoms with Gasteiger partial charge in [0.25, 0.3) is 0 Å². The second-order valence-electron chi connectivity index (χ2n) is 3.37. The van der Waals surface area contributed by atoms with Gasteiger partial charge in [0, 0.05) is 12.6 Å². The predicted octanol–water partition coefficient (Wildman–Crippen LogP) is 1.91. The number of nitrogens with one attached hydrogen (secondary N) is 2. The largest absolute Gasteiger partial charge is 0.376 e. The van der Waals surface area contributed by atoms with Crippen molar-refractivity contribution >= 4 is 55.6 Å². The predicted molar refractivity (Wildman–Crippen MR) is 74.3 cm³/mol. The summed E-state index contributed by atoms with van der Waals surface area (Å²) in [6.07, 6.45) is 0. The summed E-state index contributed by atoms with van der Waals surface area (Å²) in [4.78, 5) is 15.2. The highest BCUT2D eigenvalue weighted by Crippen LogP contribution is 2.27. The summed E-state index contributed by atoms with van der Waals surface area (Å²) in [5, 5.41) is 6.28. The summed E-state index contributed by atoms with van der Waals surface area (Å²) < 4.78 is 0.988. The minimum atomic E-state index is -0.134. The van der Waals surface area contributed by atoms with Gasteiger partial charge in [-0.1, -0.05) is 11.3 Å². The molecule has 0 atom stereocenters. The molecule has 0 spiro atoms. The van der Waals surface area contributed by atoms with Crippen LogP contribution in [0.5, 0.6) is 0 Å².